The van der Waals surface area contributed by atoms with Crippen molar-refractivity contribution in [1.82, 2.24) is 4.90 Å². The van der Waals surface area contributed by atoms with Crippen LogP contribution in [0.15, 0.2) is 30.3 Å². The normalized spacial score (nSPS) is 22.2. The predicted octanol–water partition coefficient (Wildman–Crippen LogP) is 2.13. The van der Waals surface area contributed by atoms with E-state index in [1.54, 1.807) is 0 Å². The highest BCUT2D eigenvalue weighted by atomic mass is 32.2. The van der Waals surface area contributed by atoms with Crippen molar-refractivity contribution < 1.29 is 0 Å². The van der Waals surface area contributed by atoms with Crippen molar-refractivity contribution in [2.75, 3.05) is 18.1 Å². The van der Waals surface area contributed by atoms with Gasteiger partial charge in [-0.2, -0.15) is 17.0 Å². The molecule has 2 rings (SSSR count). The van der Waals surface area contributed by atoms with E-state index in [-0.39, 0.29) is 6.04 Å². The highest BCUT2D eigenvalue weighted by Gasteiger charge is 2.21. The van der Waals surface area contributed by atoms with E-state index < -0.39 is 0 Å². The Labute approximate surface area is 94.9 Å². The number of rotatable bonds is 2. The summed E-state index contributed by atoms with van der Waals surface area (Å²) in [5, 5.41) is 9.03. The first-order chi connectivity index (χ1) is 7.40. The minimum Gasteiger partial charge on any atom is -0.282 e. The molecule has 0 spiro atoms. The van der Waals surface area contributed by atoms with Crippen LogP contribution in [0.25, 0.3) is 0 Å². The van der Waals surface area contributed by atoms with Crippen molar-refractivity contribution in [1.29, 1.82) is 5.26 Å². The van der Waals surface area contributed by atoms with Crippen molar-refractivity contribution >= 4 is 11.8 Å². The summed E-state index contributed by atoms with van der Waals surface area (Å²) in [7, 11) is 0. The van der Waals surface area contributed by atoms with Gasteiger partial charge in [0, 0.05) is 24.6 Å². The van der Waals surface area contributed by atoms with Gasteiger partial charge in [-0.15, -0.1) is 0 Å². The SMILES string of the molecule is N#CC1CSCCN1Cc1ccccc1. The van der Waals surface area contributed by atoms with Gasteiger partial charge in [-0.3, -0.25) is 4.90 Å². The Balaban J connectivity index is 2.01. The maximum atomic E-state index is 9.03. The topological polar surface area (TPSA) is 27.0 Å². The third kappa shape index (κ3) is 2.74. The molecular formula is C12H14N2S. The molecule has 0 saturated carbocycles. The first kappa shape index (κ1) is 10.5. The second-order valence-corrected chi connectivity index (χ2v) is 4.83. The average molecular weight is 218 g/mol. The van der Waals surface area contributed by atoms with Crippen LogP contribution in [0, 0.1) is 11.3 Å². The van der Waals surface area contributed by atoms with E-state index >= 15 is 0 Å². The van der Waals surface area contributed by atoms with Crippen LogP contribution in [0.2, 0.25) is 0 Å². The summed E-state index contributed by atoms with van der Waals surface area (Å²) in [6.45, 7) is 1.93. The molecule has 15 heavy (non-hydrogen) atoms. The Hall–Kier alpha value is -0.980. The molecule has 0 aliphatic carbocycles. The third-order valence-corrected chi connectivity index (χ3v) is 3.64. The predicted molar refractivity (Wildman–Crippen MR) is 63.6 cm³/mol. The largest absolute Gasteiger partial charge is 0.282 e. The van der Waals surface area contributed by atoms with Gasteiger partial charge in [-0.1, -0.05) is 30.3 Å². The van der Waals surface area contributed by atoms with E-state index in [4.69, 9.17) is 5.26 Å². The smallest absolute Gasteiger partial charge is 0.107 e. The zero-order valence-electron chi connectivity index (χ0n) is 8.60. The molecule has 0 bridgehead atoms. The zero-order valence-corrected chi connectivity index (χ0v) is 9.41. The van der Waals surface area contributed by atoms with Crippen LogP contribution < -0.4 is 0 Å². The van der Waals surface area contributed by atoms with Crippen LogP contribution in [-0.2, 0) is 6.54 Å². The summed E-state index contributed by atoms with van der Waals surface area (Å²) in [6.07, 6.45) is 0. The van der Waals surface area contributed by atoms with E-state index in [1.807, 2.05) is 17.8 Å². The lowest BCUT2D eigenvalue weighted by atomic mass is 10.2. The van der Waals surface area contributed by atoms with Gasteiger partial charge < -0.3 is 0 Å². The zero-order chi connectivity index (χ0) is 10.5. The van der Waals surface area contributed by atoms with Gasteiger partial charge in [0.15, 0.2) is 0 Å². The van der Waals surface area contributed by atoms with Crippen molar-refractivity contribution in [3.8, 4) is 6.07 Å². The van der Waals surface area contributed by atoms with E-state index in [2.05, 4.69) is 35.2 Å². The molecule has 0 aromatic heterocycles. The summed E-state index contributed by atoms with van der Waals surface area (Å²) in [5.74, 6) is 2.09. The standard InChI is InChI=1S/C12H14N2S/c13-8-12-10-15-7-6-14(12)9-11-4-2-1-3-5-11/h1-5,12H,6-7,9-10H2. The van der Waals surface area contributed by atoms with Gasteiger partial charge in [0.05, 0.1) is 6.07 Å². The second kappa shape index (κ2) is 5.20. The molecule has 3 heteroatoms. The molecule has 1 aliphatic heterocycles. The molecule has 1 heterocycles. The van der Waals surface area contributed by atoms with Gasteiger partial charge >= 0.3 is 0 Å². The molecule has 78 valence electrons. The second-order valence-electron chi connectivity index (χ2n) is 3.68. The monoisotopic (exact) mass is 218 g/mol. The number of thioether (sulfide) groups is 1. The highest BCUT2D eigenvalue weighted by Crippen LogP contribution is 2.18. The number of benzene rings is 1. The fourth-order valence-electron chi connectivity index (χ4n) is 1.76. The molecule has 1 saturated heterocycles. The fraction of sp³-hybridized carbons (Fsp3) is 0.417. The first-order valence-corrected chi connectivity index (χ1v) is 6.31. The summed E-state index contributed by atoms with van der Waals surface area (Å²) >= 11 is 1.88. The van der Waals surface area contributed by atoms with Crippen LogP contribution in [0.1, 0.15) is 5.56 Å². The molecule has 0 amide bonds. The third-order valence-electron chi connectivity index (χ3n) is 2.62. The Morgan fingerprint density at radius 2 is 2.20 bits per heavy atom. The first-order valence-electron chi connectivity index (χ1n) is 5.15. The van der Waals surface area contributed by atoms with E-state index in [0.717, 1.165) is 24.6 Å². The molecule has 1 aromatic carbocycles. The van der Waals surface area contributed by atoms with E-state index in [9.17, 15) is 0 Å². The van der Waals surface area contributed by atoms with Crippen LogP contribution in [-0.4, -0.2) is 29.0 Å². The molecule has 1 unspecified atom stereocenters. The Morgan fingerprint density at radius 3 is 2.93 bits per heavy atom. The van der Waals surface area contributed by atoms with E-state index in [1.165, 1.54) is 5.56 Å². The Morgan fingerprint density at radius 1 is 1.40 bits per heavy atom. The number of hydrogen-bond acceptors (Lipinski definition) is 3. The van der Waals surface area contributed by atoms with Crippen molar-refractivity contribution in [2.45, 2.75) is 12.6 Å². The van der Waals surface area contributed by atoms with Crippen molar-refractivity contribution in [3.63, 3.8) is 0 Å². The number of nitriles is 1. The highest BCUT2D eigenvalue weighted by molar-refractivity contribution is 7.99. The maximum absolute atomic E-state index is 9.03. The maximum Gasteiger partial charge on any atom is 0.107 e. The number of hydrogen-bond donors (Lipinski definition) is 0. The Kier molecular flexibility index (Phi) is 3.65. The van der Waals surface area contributed by atoms with Gasteiger partial charge in [0.1, 0.15) is 6.04 Å². The van der Waals surface area contributed by atoms with Crippen molar-refractivity contribution in [2.24, 2.45) is 0 Å². The molecule has 0 N–H and O–H groups in total. The lowest BCUT2D eigenvalue weighted by molar-refractivity contribution is 0.249. The molecule has 0 radical (unpaired) electrons. The average Bonchev–Trinajstić information content (AvgIpc) is 2.31. The van der Waals surface area contributed by atoms with E-state index in [0.29, 0.717) is 0 Å². The minimum atomic E-state index is 0.0870. The summed E-state index contributed by atoms with van der Waals surface area (Å²) in [6, 6.07) is 12.8. The fourth-order valence-corrected chi connectivity index (χ4v) is 2.80. The van der Waals surface area contributed by atoms with Gasteiger partial charge in [0.2, 0.25) is 0 Å². The van der Waals surface area contributed by atoms with Gasteiger partial charge in [-0.05, 0) is 5.56 Å². The summed E-state index contributed by atoms with van der Waals surface area (Å²) < 4.78 is 0. The molecule has 1 aliphatic rings. The summed E-state index contributed by atoms with van der Waals surface area (Å²) in [5.41, 5.74) is 1.30. The number of nitrogens with zero attached hydrogens (tertiary/aromatic N) is 2. The molecule has 1 aromatic rings. The Bertz CT molecular complexity index is 344. The minimum absolute atomic E-state index is 0.0870. The molecule has 1 fully saturated rings. The lowest BCUT2D eigenvalue weighted by Crippen LogP contribution is -2.40. The van der Waals surface area contributed by atoms with Gasteiger partial charge in [-0.25, -0.2) is 0 Å². The summed E-state index contributed by atoms with van der Waals surface area (Å²) in [4.78, 5) is 2.27. The molecular weight excluding hydrogens is 204 g/mol. The van der Waals surface area contributed by atoms with Crippen molar-refractivity contribution in [3.05, 3.63) is 35.9 Å². The van der Waals surface area contributed by atoms with Crippen LogP contribution >= 0.6 is 11.8 Å². The molecule has 2 nitrogen and oxygen atoms in total. The lowest BCUT2D eigenvalue weighted by Gasteiger charge is -2.30. The van der Waals surface area contributed by atoms with Crippen LogP contribution in [0.3, 0.4) is 0 Å². The van der Waals surface area contributed by atoms with Gasteiger partial charge in [0.25, 0.3) is 0 Å². The molecule has 1 atom stereocenters. The van der Waals surface area contributed by atoms with Crippen LogP contribution in [0.5, 0.6) is 0 Å². The quantitative estimate of drug-likeness (QED) is 0.761. The van der Waals surface area contributed by atoms with Crippen LogP contribution in [0.4, 0.5) is 0 Å².